The van der Waals surface area contributed by atoms with E-state index in [-0.39, 0.29) is 5.91 Å². The van der Waals surface area contributed by atoms with Crippen LogP contribution < -0.4 is 14.8 Å². The molecule has 2 aromatic rings. The normalized spacial score (nSPS) is 11.4. The highest BCUT2D eigenvalue weighted by atomic mass is 16.5. The maximum atomic E-state index is 12.4. The molecule has 6 heteroatoms. The molecule has 1 amide bonds. The summed E-state index contributed by atoms with van der Waals surface area (Å²) in [5.74, 6) is 0.542. The molecule has 0 fully saturated rings. The first-order chi connectivity index (χ1) is 12.5. The molecule has 0 aliphatic rings. The van der Waals surface area contributed by atoms with Crippen molar-refractivity contribution >= 4 is 17.6 Å². The van der Waals surface area contributed by atoms with E-state index < -0.39 is 12.1 Å². The van der Waals surface area contributed by atoms with Crippen LogP contribution in [0.3, 0.4) is 0 Å². The molecule has 0 aromatic heterocycles. The molecule has 2 aromatic carbocycles. The number of hydrogen-bond donors (Lipinski definition) is 1. The molecule has 0 radical (unpaired) electrons. The molecule has 0 aliphatic carbocycles. The van der Waals surface area contributed by atoms with Crippen molar-refractivity contribution in [2.45, 2.75) is 26.9 Å². The standard InChI is InChI=1S/C20H23NO5/c1-5-25-20(23)17-7-6-8-18(13(17)2)21-19(22)14(3)26-16-11-9-15(24-4)10-12-16/h6-12,14H,5H2,1-4H3,(H,21,22). The van der Waals surface area contributed by atoms with E-state index in [1.54, 1.807) is 70.3 Å². The van der Waals surface area contributed by atoms with Gasteiger partial charge in [-0.15, -0.1) is 0 Å². The lowest BCUT2D eigenvalue weighted by molar-refractivity contribution is -0.122. The number of anilines is 1. The highest BCUT2D eigenvalue weighted by Gasteiger charge is 2.18. The van der Waals surface area contributed by atoms with Gasteiger partial charge in [0, 0.05) is 5.69 Å². The van der Waals surface area contributed by atoms with Gasteiger partial charge < -0.3 is 19.5 Å². The van der Waals surface area contributed by atoms with Crippen LogP contribution in [-0.2, 0) is 9.53 Å². The Hall–Kier alpha value is -3.02. The van der Waals surface area contributed by atoms with Crippen molar-refractivity contribution in [3.63, 3.8) is 0 Å². The second-order valence-electron chi connectivity index (χ2n) is 5.62. The average Bonchev–Trinajstić information content (AvgIpc) is 2.64. The molecule has 2 rings (SSSR count). The first kappa shape index (κ1) is 19.3. The number of esters is 1. The number of rotatable bonds is 7. The molecule has 0 saturated carbocycles. The molecule has 0 spiro atoms. The van der Waals surface area contributed by atoms with Gasteiger partial charge in [0.15, 0.2) is 6.10 Å². The van der Waals surface area contributed by atoms with Gasteiger partial charge in [0.05, 0.1) is 19.3 Å². The lowest BCUT2D eigenvalue weighted by Crippen LogP contribution is -2.30. The Morgan fingerprint density at radius 2 is 1.73 bits per heavy atom. The van der Waals surface area contributed by atoms with Crippen molar-refractivity contribution in [2.24, 2.45) is 0 Å². The number of carbonyl (C=O) groups excluding carboxylic acids is 2. The van der Waals surface area contributed by atoms with E-state index in [9.17, 15) is 9.59 Å². The number of amides is 1. The largest absolute Gasteiger partial charge is 0.497 e. The summed E-state index contributed by atoms with van der Waals surface area (Å²) < 4.78 is 15.8. The topological polar surface area (TPSA) is 73.9 Å². The van der Waals surface area contributed by atoms with Crippen LogP contribution in [0, 0.1) is 6.92 Å². The van der Waals surface area contributed by atoms with E-state index in [1.807, 2.05) is 0 Å². The third kappa shape index (κ3) is 4.75. The van der Waals surface area contributed by atoms with Gasteiger partial charge in [-0.05, 0) is 62.7 Å². The Balaban J connectivity index is 2.06. The number of hydrogen-bond acceptors (Lipinski definition) is 5. The summed E-state index contributed by atoms with van der Waals surface area (Å²) >= 11 is 0. The monoisotopic (exact) mass is 357 g/mol. The Kier molecular flexibility index (Phi) is 6.60. The molecule has 26 heavy (non-hydrogen) atoms. The van der Waals surface area contributed by atoms with Crippen molar-refractivity contribution in [1.82, 2.24) is 0 Å². The van der Waals surface area contributed by atoms with Crippen LogP contribution in [0.1, 0.15) is 29.8 Å². The zero-order valence-electron chi connectivity index (χ0n) is 15.4. The summed E-state index contributed by atoms with van der Waals surface area (Å²) in [6.07, 6.45) is -0.714. The first-order valence-corrected chi connectivity index (χ1v) is 8.34. The fourth-order valence-electron chi connectivity index (χ4n) is 2.35. The smallest absolute Gasteiger partial charge is 0.338 e. The van der Waals surface area contributed by atoms with E-state index in [0.29, 0.717) is 34.9 Å². The SMILES string of the molecule is CCOC(=O)c1cccc(NC(=O)C(C)Oc2ccc(OC)cc2)c1C. The van der Waals surface area contributed by atoms with Crippen LogP contribution in [0.4, 0.5) is 5.69 Å². The molecule has 138 valence electrons. The van der Waals surface area contributed by atoms with Gasteiger partial charge in [0.25, 0.3) is 5.91 Å². The minimum atomic E-state index is -0.714. The highest BCUT2D eigenvalue weighted by molar-refractivity contribution is 5.98. The Morgan fingerprint density at radius 1 is 1.08 bits per heavy atom. The zero-order valence-corrected chi connectivity index (χ0v) is 15.4. The van der Waals surface area contributed by atoms with Crippen LogP contribution >= 0.6 is 0 Å². The molecule has 0 heterocycles. The van der Waals surface area contributed by atoms with Gasteiger partial charge in [-0.25, -0.2) is 4.79 Å². The molecule has 0 saturated heterocycles. The number of ether oxygens (including phenoxy) is 3. The van der Waals surface area contributed by atoms with Gasteiger partial charge >= 0.3 is 5.97 Å². The summed E-state index contributed by atoms with van der Waals surface area (Å²) in [5.41, 5.74) is 1.62. The molecule has 1 atom stereocenters. The maximum absolute atomic E-state index is 12.4. The number of carbonyl (C=O) groups is 2. The van der Waals surface area contributed by atoms with Crippen LogP contribution in [0.15, 0.2) is 42.5 Å². The van der Waals surface area contributed by atoms with Crippen molar-refractivity contribution in [2.75, 3.05) is 19.0 Å². The van der Waals surface area contributed by atoms with Gasteiger partial charge in [0.1, 0.15) is 11.5 Å². The minimum absolute atomic E-state index is 0.293. The van der Waals surface area contributed by atoms with E-state index in [4.69, 9.17) is 14.2 Å². The van der Waals surface area contributed by atoms with Crippen LogP contribution in [0.5, 0.6) is 11.5 Å². The number of methoxy groups -OCH3 is 1. The average molecular weight is 357 g/mol. The third-order valence-corrected chi connectivity index (χ3v) is 3.83. The summed E-state index contributed by atoms with van der Waals surface area (Å²) in [6.45, 7) is 5.46. The predicted octanol–water partition coefficient (Wildman–Crippen LogP) is 3.59. The summed E-state index contributed by atoms with van der Waals surface area (Å²) in [5, 5.41) is 2.79. The van der Waals surface area contributed by atoms with E-state index in [0.717, 1.165) is 0 Å². The fourth-order valence-corrected chi connectivity index (χ4v) is 2.35. The van der Waals surface area contributed by atoms with Gasteiger partial charge in [-0.2, -0.15) is 0 Å². The van der Waals surface area contributed by atoms with Crippen molar-refractivity contribution in [3.05, 3.63) is 53.6 Å². The molecule has 0 bridgehead atoms. The number of benzene rings is 2. The van der Waals surface area contributed by atoms with Crippen LogP contribution in [0.2, 0.25) is 0 Å². The van der Waals surface area contributed by atoms with Crippen molar-refractivity contribution < 1.29 is 23.8 Å². The zero-order chi connectivity index (χ0) is 19.1. The Labute approximate surface area is 153 Å². The fraction of sp³-hybridized carbons (Fsp3) is 0.300. The summed E-state index contributed by atoms with van der Waals surface area (Å²) in [4.78, 5) is 24.4. The van der Waals surface area contributed by atoms with E-state index in [1.165, 1.54) is 0 Å². The molecule has 1 unspecified atom stereocenters. The van der Waals surface area contributed by atoms with Gasteiger partial charge in [0.2, 0.25) is 0 Å². The van der Waals surface area contributed by atoms with Crippen molar-refractivity contribution in [1.29, 1.82) is 0 Å². The Bertz CT molecular complexity index is 770. The summed E-state index contributed by atoms with van der Waals surface area (Å²) in [6, 6.07) is 12.1. The first-order valence-electron chi connectivity index (χ1n) is 8.34. The molecule has 0 aliphatic heterocycles. The minimum Gasteiger partial charge on any atom is -0.497 e. The van der Waals surface area contributed by atoms with Crippen molar-refractivity contribution in [3.8, 4) is 11.5 Å². The lowest BCUT2D eigenvalue weighted by atomic mass is 10.1. The molecule has 1 N–H and O–H groups in total. The quantitative estimate of drug-likeness (QED) is 0.767. The molecular weight excluding hydrogens is 334 g/mol. The second-order valence-corrected chi connectivity index (χ2v) is 5.62. The third-order valence-electron chi connectivity index (χ3n) is 3.83. The second kappa shape index (κ2) is 8.89. The van der Waals surface area contributed by atoms with Gasteiger partial charge in [-0.3, -0.25) is 4.79 Å². The van der Waals surface area contributed by atoms with Crippen LogP contribution in [0.25, 0.3) is 0 Å². The number of nitrogens with one attached hydrogen (secondary N) is 1. The van der Waals surface area contributed by atoms with E-state index in [2.05, 4.69) is 5.32 Å². The molecular formula is C20H23NO5. The highest BCUT2D eigenvalue weighted by Crippen LogP contribution is 2.21. The predicted molar refractivity (Wildman–Crippen MR) is 98.8 cm³/mol. The van der Waals surface area contributed by atoms with E-state index >= 15 is 0 Å². The maximum Gasteiger partial charge on any atom is 0.338 e. The van der Waals surface area contributed by atoms with Crippen LogP contribution in [-0.4, -0.2) is 31.7 Å². The van der Waals surface area contributed by atoms with Gasteiger partial charge in [-0.1, -0.05) is 6.07 Å². The lowest BCUT2D eigenvalue weighted by Gasteiger charge is -2.17. The molecule has 6 nitrogen and oxygen atoms in total. The summed E-state index contributed by atoms with van der Waals surface area (Å²) in [7, 11) is 1.58. The Morgan fingerprint density at radius 3 is 2.35 bits per heavy atom.